The summed E-state index contributed by atoms with van der Waals surface area (Å²) in [4.78, 5) is 29.1. The average Bonchev–Trinajstić information content (AvgIpc) is 3.17. The lowest BCUT2D eigenvalue weighted by Gasteiger charge is -2.06. The van der Waals surface area contributed by atoms with E-state index in [0.29, 0.717) is 45.7 Å². The third kappa shape index (κ3) is 5.15. The Labute approximate surface area is 170 Å². The van der Waals surface area contributed by atoms with Gasteiger partial charge in [0.2, 0.25) is 5.78 Å². The summed E-state index contributed by atoms with van der Waals surface area (Å²) < 4.78 is 12.9. The highest BCUT2D eigenvalue weighted by Crippen LogP contribution is 2.24. The number of nitrogens with one attached hydrogen (secondary N) is 2. The van der Waals surface area contributed by atoms with Crippen molar-refractivity contribution in [1.29, 1.82) is 0 Å². The maximum absolute atomic E-state index is 12.9. The summed E-state index contributed by atoms with van der Waals surface area (Å²) in [5, 5.41) is 6.93. The smallest absolute Gasteiger partial charge is 0.251 e. The highest BCUT2D eigenvalue weighted by molar-refractivity contribution is 7.17. The minimum absolute atomic E-state index is 0.164. The third-order valence-electron chi connectivity index (χ3n) is 3.87. The molecule has 0 spiro atoms. The standard InChI is InChI=1S/C20H17ClFN3O2S/c21-16-5-2-1-4-15(16)18(26)17-12-25-20(28-17)24-11-3-10-23-19(27)13-6-8-14(22)9-7-13/h1-2,4-9,12H,3,10-11H2,(H,23,27)(H,24,25). The fraction of sp³-hybridized carbons (Fsp3) is 0.150. The van der Waals surface area contributed by atoms with Gasteiger partial charge in [-0.05, 0) is 42.8 Å². The molecule has 0 fully saturated rings. The van der Waals surface area contributed by atoms with Crippen LogP contribution in [0.15, 0.2) is 54.7 Å². The number of aromatic nitrogens is 1. The number of rotatable bonds is 8. The fourth-order valence-electron chi connectivity index (χ4n) is 2.43. The predicted molar refractivity (Wildman–Crippen MR) is 109 cm³/mol. The largest absolute Gasteiger partial charge is 0.361 e. The first-order valence-corrected chi connectivity index (χ1v) is 9.77. The minimum atomic E-state index is -0.378. The van der Waals surface area contributed by atoms with Crippen molar-refractivity contribution in [2.45, 2.75) is 6.42 Å². The molecule has 0 aliphatic rings. The zero-order valence-corrected chi connectivity index (χ0v) is 16.3. The van der Waals surface area contributed by atoms with Crippen molar-refractivity contribution in [2.24, 2.45) is 0 Å². The Morgan fingerprint density at radius 3 is 2.57 bits per heavy atom. The number of carbonyl (C=O) groups is 2. The van der Waals surface area contributed by atoms with E-state index in [1.807, 2.05) is 0 Å². The van der Waals surface area contributed by atoms with Gasteiger partial charge in [0.05, 0.1) is 16.1 Å². The van der Waals surface area contributed by atoms with Crippen molar-refractivity contribution in [2.75, 3.05) is 18.4 Å². The summed E-state index contributed by atoms with van der Waals surface area (Å²) in [6, 6.07) is 12.3. The van der Waals surface area contributed by atoms with E-state index in [1.165, 1.54) is 41.8 Å². The van der Waals surface area contributed by atoms with E-state index in [1.54, 1.807) is 24.3 Å². The molecule has 0 unspecified atom stereocenters. The number of benzene rings is 2. The Balaban J connectivity index is 1.43. The van der Waals surface area contributed by atoms with Gasteiger partial charge in [-0.1, -0.05) is 35.1 Å². The van der Waals surface area contributed by atoms with Crippen LogP contribution in [0.4, 0.5) is 9.52 Å². The van der Waals surface area contributed by atoms with E-state index in [2.05, 4.69) is 15.6 Å². The van der Waals surface area contributed by atoms with Crippen LogP contribution in [0.1, 0.15) is 32.0 Å². The Kier molecular flexibility index (Phi) is 6.73. The second-order valence-corrected chi connectivity index (χ2v) is 7.32. The van der Waals surface area contributed by atoms with Crippen molar-refractivity contribution >= 4 is 39.8 Å². The molecule has 0 radical (unpaired) electrons. The number of hydrogen-bond donors (Lipinski definition) is 2. The number of nitrogens with zero attached hydrogens (tertiary/aromatic N) is 1. The van der Waals surface area contributed by atoms with Gasteiger partial charge in [-0.2, -0.15) is 0 Å². The van der Waals surface area contributed by atoms with E-state index in [4.69, 9.17) is 11.6 Å². The minimum Gasteiger partial charge on any atom is -0.361 e. The normalized spacial score (nSPS) is 10.5. The lowest BCUT2D eigenvalue weighted by atomic mass is 10.1. The van der Waals surface area contributed by atoms with Crippen LogP contribution in [0.25, 0.3) is 0 Å². The zero-order chi connectivity index (χ0) is 19.9. The molecule has 2 N–H and O–H groups in total. The van der Waals surface area contributed by atoms with Gasteiger partial charge < -0.3 is 10.6 Å². The maximum Gasteiger partial charge on any atom is 0.251 e. The topological polar surface area (TPSA) is 71.1 Å². The summed E-state index contributed by atoms with van der Waals surface area (Å²) in [7, 11) is 0. The molecule has 8 heteroatoms. The highest BCUT2D eigenvalue weighted by Gasteiger charge is 2.15. The maximum atomic E-state index is 12.9. The molecule has 0 aliphatic heterocycles. The van der Waals surface area contributed by atoms with Crippen LogP contribution in [0, 0.1) is 5.82 Å². The van der Waals surface area contributed by atoms with Crippen LogP contribution in [0.3, 0.4) is 0 Å². The molecule has 0 bridgehead atoms. The number of amides is 1. The Morgan fingerprint density at radius 1 is 1.07 bits per heavy atom. The average molecular weight is 418 g/mol. The molecule has 144 valence electrons. The van der Waals surface area contributed by atoms with Gasteiger partial charge in [0, 0.05) is 24.2 Å². The van der Waals surface area contributed by atoms with Crippen molar-refractivity contribution in [1.82, 2.24) is 10.3 Å². The SMILES string of the molecule is O=C(NCCCNc1ncc(C(=O)c2ccccc2Cl)s1)c1ccc(F)cc1. The van der Waals surface area contributed by atoms with Gasteiger partial charge in [-0.3, -0.25) is 9.59 Å². The molecule has 5 nitrogen and oxygen atoms in total. The van der Waals surface area contributed by atoms with Gasteiger partial charge in [0.25, 0.3) is 5.91 Å². The van der Waals surface area contributed by atoms with Gasteiger partial charge >= 0.3 is 0 Å². The van der Waals surface area contributed by atoms with Crippen molar-refractivity contribution in [3.8, 4) is 0 Å². The molecule has 1 heterocycles. The van der Waals surface area contributed by atoms with Gasteiger partial charge in [0.1, 0.15) is 5.82 Å². The number of ketones is 1. The van der Waals surface area contributed by atoms with Gasteiger partial charge in [-0.25, -0.2) is 9.37 Å². The number of halogens is 2. The molecule has 28 heavy (non-hydrogen) atoms. The number of carbonyl (C=O) groups excluding carboxylic acids is 2. The van der Waals surface area contributed by atoms with Crippen LogP contribution in [0.5, 0.6) is 0 Å². The molecule has 2 aromatic carbocycles. The highest BCUT2D eigenvalue weighted by atomic mass is 35.5. The van der Waals surface area contributed by atoms with Crippen LogP contribution in [-0.2, 0) is 0 Å². The number of anilines is 1. The first-order valence-electron chi connectivity index (χ1n) is 8.57. The molecule has 0 atom stereocenters. The summed E-state index contributed by atoms with van der Waals surface area (Å²) >= 11 is 7.32. The van der Waals surface area contributed by atoms with Crippen molar-refractivity contribution in [3.05, 3.63) is 81.6 Å². The molecule has 3 aromatic rings. The van der Waals surface area contributed by atoms with Gasteiger partial charge in [-0.15, -0.1) is 0 Å². The van der Waals surface area contributed by atoms with E-state index < -0.39 is 0 Å². The summed E-state index contributed by atoms with van der Waals surface area (Å²) in [6.45, 7) is 1.04. The molecular weight excluding hydrogens is 401 g/mol. The van der Waals surface area contributed by atoms with E-state index >= 15 is 0 Å². The monoisotopic (exact) mass is 417 g/mol. The first-order chi connectivity index (χ1) is 13.5. The molecule has 0 saturated heterocycles. The van der Waals surface area contributed by atoms with Gasteiger partial charge in [0.15, 0.2) is 5.13 Å². The lowest BCUT2D eigenvalue weighted by molar-refractivity contribution is 0.0953. The van der Waals surface area contributed by atoms with Crippen LogP contribution in [0.2, 0.25) is 5.02 Å². The van der Waals surface area contributed by atoms with Crippen molar-refractivity contribution < 1.29 is 14.0 Å². The van der Waals surface area contributed by atoms with Crippen LogP contribution in [-0.4, -0.2) is 29.8 Å². The molecule has 3 rings (SSSR count). The predicted octanol–water partition coefficient (Wildman–Crippen LogP) is 4.40. The second kappa shape index (κ2) is 9.43. The molecule has 1 amide bonds. The summed E-state index contributed by atoms with van der Waals surface area (Å²) in [6.07, 6.45) is 2.19. The number of hydrogen-bond acceptors (Lipinski definition) is 5. The molecule has 0 aliphatic carbocycles. The third-order valence-corrected chi connectivity index (χ3v) is 5.15. The van der Waals surface area contributed by atoms with Crippen molar-refractivity contribution in [3.63, 3.8) is 0 Å². The van der Waals surface area contributed by atoms with E-state index in [-0.39, 0.29) is 17.5 Å². The Hall–Kier alpha value is -2.77. The van der Waals surface area contributed by atoms with E-state index in [0.717, 1.165) is 0 Å². The zero-order valence-electron chi connectivity index (χ0n) is 14.7. The Morgan fingerprint density at radius 2 is 1.82 bits per heavy atom. The van der Waals surface area contributed by atoms with E-state index in [9.17, 15) is 14.0 Å². The molecule has 0 saturated carbocycles. The summed E-state index contributed by atoms with van der Waals surface area (Å²) in [5.41, 5.74) is 0.861. The second-order valence-electron chi connectivity index (χ2n) is 5.88. The lowest BCUT2D eigenvalue weighted by Crippen LogP contribution is -2.25. The Bertz CT molecular complexity index is 976. The molecular formula is C20H17ClFN3O2S. The van der Waals surface area contributed by atoms with Crippen LogP contribution < -0.4 is 10.6 Å². The summed E-state index contributed by atoms with van der Waals surface area (Å²) in [5.74, 6) is -0.791. The fourth-order valence-corrected chi connectivity index (χ4v) is 3.45. The van der Waals surface area contributed by atoms with Crippen LogP contribution >= 0.6 is 22.9 Å². The first kappa shape index (κ1) is 20.0. The quantitative estimate of drug-likeness (QED) is 0.421. The number of thiazole rings is 1. The molecule has 1 aromatic heterocycles.